The Kier molecular flexibility index (Phi) is 4.89. The molecule has 27 heavy (non-hydrogen) atoms. The summed E-state index contributed by atoms with van der Waals surface area (Å²) in [5.74, 6) is 1.50. The van der Waals surface area contributed by atoms with E-state index in [9.17, 15) is 4.79 Å². The fourth-order valence-electron chi connectivity index (χ4n) is 2.95. The maximum atomic E-state index is 12.6. The zero-order valence-corrected chi connectivity index (χ0v) is 15.7. The van der Waals surface area contributed by atoms with E-state index < -0.39 is 0 Å². The predicted octanol–water partition coefficient (Wildman–Crippen LogP) is 4.64. The van der Waals surface area contributed by atoms with Crippen LogP contribution in [0.4, 0.5) is 5.82 Å². The van der Waals surface area contributed by atoms with Crippen molar-refractivity contribution in [1.29, 1.82) is 0 Å². The molecule has 0 saturated carbocycles. The van der Waals surface area contributed by atoms with Crippen LogP contribution in [0.25, 0.3) is 16.2 Å². The van der Waals surface area contributed by atoms with Gasteiger partial charge in [-0.05, 0) is 24.1 Å². The Morgan fingerprint density at radius 1 is 1.15 bits per heavy atom. The standard InChI is InChI=1S/C21H19N3O2S/c1-26-17-10-7-15(8-11-17)9-12-18(25)22-20-19(16-5-3-2-4-6-16)23-21-24(20)13-14-27-21/h2-8,10-11,13-14H,9,12H2,1H3,(H,22,25). The molecule has 0 unspecified atom stereocenters. The largest absolute Gasteiger partial charge is 0.497 e. The lowest BCUT2D eigenvalue weighted by Gasteiger charge is -2.08. The van der Waals surface area contributed by atoms with Gasteiger partial charge in [-0.3, -0.25) is 9.20 Å². The number of nitrogens with zero attached hydrogens (tertiary/aromatic N) is 2. The molecule has 0 aliphatic rings. The lowest BCUT2D eigenvalue weighted by molar-refractivity contribution is -0.116. The van der Waals surface area contributed by atoms with E-state index in [1.54, 1.807) is 18.4 Å². The van der Waals surface area contributed by atoms with Gasteiger partial charge in [0.1, 0.15) is 17.3 Å². The third kappa shape index (κ3) is 3.71. The van der Waals surface area contributed by atoms with E-state index in [0.29, 0.717) is 12.8 Å². The number of ether oxygens (including phenoxy) is 1. The minimum atomic E-state index is -0.0315. The maximum Gasteiger partial charge on any atom is 0.225 e. The number of imidazole rings is 1. The van der Waals surface area contributed by atoms with E-state index in [4.69, 9.17) is 4.74 Å². The number of carbonyl (C=O) groups is 1. The highest BCUT2D eigenvalue weighted by Crippen LogP contribution is 2.30. The van der Waals surface area contributed by atoms with Crippen LogP contribution < -0.4 is 10.1 Å². The van der Waals surface area contributed by atoms with Crippen LogP contribution >= 0.6 is 11.3 Å². The summed E-state index contributed by atoms with van der Waals surface area (Å²) in [6, 6.07) is 17.7. The highest BCUT2D eigenvalue weighted by molar-refractivity contribution is 7.15. The Morgan fingerprint density at radius 2 is 1.93 bits per heavy atom. The van der Waals surface area contributed by atoms with E-state index in [1.165, 1.54) is 0 Å². The summed E-state index contributed by atoms with van der Waals surface area (Å²) in [5.41, 5.74) is 2.88. The minimum absolute atomic E-state index is 0.0315. The summed E-state index contributed by atoms with van der Waals surface area (Å²) in [7, 11) is 1.64. The molecule has 0 atom stereocenters. The van der Waals surface area contributed by atoms with E-state index in [2.05, 4.69) is 10.3 Å². The normalized spacial score (nSPS) is 10.9. The number of aromatic nitrogens is 2. The van der Waals surface area contributed by atoms with Crippen LogP contribution in [0, 0.1) is 0 Å². The number of rotatable bonds is 6. The molecule has 0 radical (unpaired) electrons. The molecule has 0 saturated heterocycles. The molecule has 1 amide bonds. The molecule has 0 aliphatic heterocycles. The number of aryl methyl sites for hydroxylation is 1. The third-order valence-corrected chi connectivity index (χ3v) is 5.12. The summed E-state index contributed by atoms with van der Waals surface area (Å²) in [4.78, 5) is 18.1. The van der Waals surface area contributed by atoms with Crippen molar-refractivity contribution in [1.82, 2.24) is 9.38 Å². The highest BCUT2D eigenvalue weighted by atomic mass is 32.1. The van der Waals surface area contributed by atoms with Crippen LogP contribution in [0.3, 0.4) is 0 Å². The number of anilines is 1. The first-order chi connectivity index (χ1) is 13.2. The number of methoxy groups -OCH3 is 1. The van der Waals surface area contributed by atoms with Gasteiger partial charge in [0, 0.05) is 23.6 Å². The van der Waals surface area contributed by atoms with Gasteiger partial charge in [0.2, 0.25) is 5.91 Å². The van der Waals surface area contributed by atoms with Crippen molar-refractivity contribution in [2.45, 2.75) is 12.8 Å². The van der Waals surface area contributed by atoms with Crippen molar-refractivity contribution in [2.24, 2.45) is 0 Å². The lowest BCUT2D eigenvalue weighted by Crippen LogP contribution is -2.14. The second kappa shape index (κ2) is 7.63. The number of fused-ring (bicyclic) bond motifs is 1. The van der Waals surface area contributed by atoms with Crippen LogP contribution in [0.2, 0.25) is 0 Å². The van der Waals surface area contributed by atoms with Gasteiger partial charge >= 0.3 is 0 Å². The van der Waals surface area contributed by atoms with Gasteiger partial charge in [-0.2, -0.15) is 0 Å². The number of amides is 1. The van der Waals surface area contributed by atoms with Crippen molar-refractivity contribution in [3.05, 3.63) is 71.7 Å². The first kappa shape index (κ1) is 17.3. The summed E-state index contributed by atoms with van der Waals surface area (Å²) >= 11 is 1.55. The van der Waals surface area contributed by atoms with Crippen LogP contribution in [0.5, 0.6) is 5.75 Å². The fourth-order valence-corrected chi connectivity index (χ4v) is 3.66. The predicted molar refractivity (Wildman–Crippen MR) is 108 cm³/mol. The third-order valence-electron chi connectivity index (χ3n) is 4.37. The zero-order chi connectivity index (χ0) is 18.6. The number of benzene rings is 2. The zero-order valence-electron chi connectivity index (χ0n) is 14.9. The topological polar surface area (TPSA) is 55.6 Å². The van der Waals surface area contributed by atoms with Gasteiger partial charge in [0.05, 0.1) is 7.11 Å². The van der Waals surface area contributed by atoms with Gasteiger partial charge in [-0.15, -0.1) is 11.3 Å². The molecule has 136 valence electrons. The fraction of sp³-hybridized carbons (Fsp3) is 0.143. The number of hydrogen-bond acceptors (Lipinski definition) is 4. The van der Waals surface area contributed by atoms with Crippen LogP contribution in [0.15, 0.2) is 66.2 Å². The Balaban J connectivity index is 1.52. The van der Waals surface area contributed by atoms with E-state index >= 15 is 0 Å². The molecule has 0 fully saturated rings. The molecule has 0 bridgehead atoms. The second-order valence-electron chi connectivity index (χ2n) is 6.13. The van der Waals surface area contributed by atoms with Crippen molar-refractivity contribution in [3.8, 4) is 17.0 Å². The van der Waals surface area contributed by atoms with Gasteiger partial charge in [0.25, 0.3) is 0 Å². The van der Waals surface area contributed by atoms with Crippen molar-refractivity contribution in [2.75, 3.05) is 12.4 Å². The molecule has 0 aliphatic carbocycles. The Bertz CT molecular complexity index is 1050. The summed E-state index contributed by atoms with van der Waals surface area (Å²) in [6.07, 6.45) is 3.00. The molecule has 2 heterocycles. The summed E-state index contributed by atoms with van der Waals surface area (Å²) in [5, 5.41) is 5.02. The quantitative estimate of drug-likeness (QED) is 0.532. The van der Waals surface area contributed by atoms with Gasteiger partial charge in [0.15, 0.2) is 4.96 Å². The number of carbonyl (C=O) groups excluding carboxylic acids is 1. The van der Waals surface area contributed by atoms with Crippen LogP contribution in [-0.2, 0) is 11.2 Å². The molecular formula is C21H19N3O2S. The van der Waals surface area contributed by atoms with Crippen LogP contribution in [0.1, 0.15) is 12.0 Å². The highest BCUT2D eigenvalue weighted by Gasteiger charge is 2.17. The Labute approximate surface area is 161 Å². The van der Waals surface area contributed by atoms with Crippen molar-refractivity contribution >= 4 is 28.0 Å². The molecule has 5 nitrogen and oxygen atoms in total. The molecule has 4 aromatic rings. The number of nitrogens with one attached hydrogen (secondary N) is 1. The smallest absolute Gasteiger partial charge is 0.225 e. The first-order valence-corrected chi connectivity index (χ1v) is 9.56. The molecule has 2 aromatic heterocycles. The molecular weight excluding hydrogens is 358 g/mol. The Hall–Kier alpha value is -3.12. The lowest BCUT2D eigenvalue weighted by atomic mass is 10.1. The van der Waals surface area contributed by atoms with Gasteiger partial charge in [-0.1, -0.05) is 42.5 Å². The summed E-state index contributed by atoms with van der Waals surface area (Å²) in [6.45, 7) is 0. The van der Waals surface area contributed by atoms with E-state index in [0.717, 1.165) is 33.3 Å². The van der Waals surface area contributed by atoms with Crippen molar-refractivity contribution in [3.63, 3.8) is 0 Å². The van der Waals surface area contributed by atoms with E-state index in [-0.39, 0.29) is 5.91 Å². The van der Waals surface area contributed by atoms with Crippen molar-refractivity contribution < 1.29 is 9.53 Å². The Morgan fingerprint density at radius 3 is 2.67 bits per heavy atom. The van der Waals surface area contributed by atoms with Gasteiger partial charge in [-0.25, -0.2) is 4.98 Å². The van der Waals surface area contributed by atoms with Crippen LogP contribution in [-0.4, -0.2) is 22.4 Å². The molecule has 2 aromatic carbocycles. The molecule has 4 rings (SSSR count). The molecule has 6 heteroatoms. The average Bonchev–Trinajstić information content (AvgIpc) is 3.30. The number of thiazole rings is 1. The monoisotopic (exact) mass is 377 g/mol. The van der Waals surface area contributed by atoms with Gasteiger partial charge < -0.3 is 10.1 Å². The maximum absolute atomic E-state index is 12.6. The second-order valence-corrected chi connectivity index (χ2v) is 7.00. The average molecular weight is 377 g/mol. The number of hydrogen-bond donors (Lipinski definition) is 1. The van der Waals surface area contributed by atoms with E-state index in [1.807, 2.05) is 70.6 Å². The molecule has 1 N–H and O–H groups in total. The molecule has 0 spiro atoms. The SMILES string of the molecule is COc1ccc(CCC(=O)Nc2c(-c3ccccc3)nc3sccn23)cc1. The first-order valence-electron chi connectivity index (χ1n) is 8.68. The minimum Gasteiger partial charge on any atom is -0.497 e. The summed E-state index contributed by atoms with van der Waals surface area (Å²) < 4.78 is 7.09.